The third-order valence-corrected chi connectivity index (χ3v) is 4.55. The van der Waals surface area contributed by atoms with Crippen LogP contribution in [0.4, 0.5) is 10.1 Å². The van der Waals surface area contributed by atoms with Crippen LogP contribution in [0.2, 0.25) is 0 Å². The molecule has 1 amide bonds. The van der Waals surface area contributed by atoms with Crippen LogP contribution < -0.4 is 15.6 Å². The summed E-state index contributed by atoms with van der Waals surface area (Å²) in [6.45, 7) is 2.09. The van der Waals surface area contributed by atoms with Gasteiger partial charge in [0.25, 0.3) is 11.4 Å². The average Bonchev–Trinajstić information content (AvgIpc) is 3.27. The van der Waals surface area contributed by atoms with Gasteiger partial charge in [0, 0.05) is 11.8 Å². The first-order chi connectivity index (χ1) is 15.5. The molecule has 0 saturated heterocycles. The Hall–Kier alpha value is -4.27. The predicted molar refractivity (Wildman–Crippen MR) is 116 cm³/mol. The molecule has 2 heterocycles. The largest absolute Gasteiger partial charge is 0.492 e. The molecule has 9 heteroatoms. The van der Waals surface area contributed by atoms with Crippen LogP contribution >= 0.6 is 0 Å². The normalized spacial score (nSPS) is 10.7. The first-order valence-electron chi connectivity index (χ1n) is 9.86. The highest BCUT2D eigenvalue weighted by molar-refractivity contribution is 5.92. The van der Waals surface area contributed by atoms with Crippen LogP contribution in [-0.2, 0) is 11.3 Å². The molecule has 0 spiro atoms. The van der Waals surface area contributed by atoms with Crippen LogP contribution in [0, 0.1) is 5.82 Å². The monoisotopic (exact) mass is 434 g/mol. The number of pyridine rings is 1. The van der Waals surface area contributed by atoms with Gasteiger partial charge in [-0.15, -0.1) is 0 Å². The van der Waals surface area contributed by atoms with Gasteiger partial charge in [-0.3, -0.25) is 9.59 Å². The maximum Gasteiger partial charge on any atom is 0.263 e. The second-order valence-corrected chi connectivity index (χ2v) is 6.76. The number of nitrogens with zero attached hydrogens (tertiary/aromatic N) is 3. The number of carbonyl (C=O) groups excluding carboxylic acids is 1. The molecule has 32 heavy (non-hydrogen) atoms. The molecule has 0 atom stereocenters. The van der Waals surface area contributed by atoms with E-state index in [1.165, 1.54) is 41.1 Å². The second kappa shape index (κ2) is 9.25. The van der Waals surface area contributed by atoms with Gasteiger partial charge in [-0.05, 0) is 55.5 Å². The standard InChI is InChI=1S/C23H19FN4O4/c1-2-31-19-8-4-3-7-18(19)25-20(29)14-28-13-5-6-17(23(28)30)22-26-21(27-32-22)15-9-11-16(24)12-10-15/h3-13H,2,14H2,1H3,(H,25,29). The van der Waals surface area contributed by atoms with Crippen molar-refractivity contribution in [3.8, 4) is 28.6 Å². The molecule has 0 aliphatic heterocycles. The van der Waals surface area contributed by atoms with Gasteiger partial charge in [0.1, 0.15) is 23.7 Å². The van der Waals surface area contributed by atoms with E-state index in [-0.39, 0.29) is 29.6 Å². The maximum absolute atomic E-state index is 13.1. The van der Waals surface area contributed by atoms with Crippen molar-refractivity contribution in [1.29, 1.82) is 0 Å². The number of carbonyl (C=O) groups is 1. The van der Waals surface area contributed by atoms with E-state index >= 15 is 0 Å². The zero-order valence-corrected chi connectivity index (χ0v) is 17.1. The molecule has 162 valence electrons. The van der Waals surface area contributed by atoms with E-state index < -0.39 is 11.5 Å². The SMILES string of the molecule is CCOc1ccccc1NC(=O)Cn1cccc(-c2nc(-c3ccc(F)cc3)no2)c1=O. The molecule has 0 fully saturated rings. The molecule has 4 aromatic rings. The molecule has 0 unspecified atom stereocenters. The van der Waals surface area contributed by atoms with E-state index in [0.29, 0.717) is 23.6 Å². The van der Waals surface area contributed by atoms with Crippen molar-refractivity contribution in [3.05, 3.63) is 83.0 Å². The number of amides is 1. The van der Waals surface area contributed by atoms with Crippen LogP contribution in [0.3, 0.4) is 0 Å². The maximum atomic E-state index is 13.1. The van der Waals surface area contributed by atoms with Gasteiger partial charge < -0.3 is 19.1 Å². The molecule has 8 nitrogen and oxygen atoms in total. The lowest BCUT2D eigenvalue weighted by Crippen LogP contribution is -2.28. The van der Waals surface area contributed by atoms with Crippen LogP contribution in [-0.4, -0.2) is 27.2 Å². The van der Waals surface area contributed by atoms with Crippen molar-refractivity contribution in [2.24, 2.45) is 0 Å². The lowest BCUT2D eigenvalue weighted by Gasteiger charge is -2.12. The minimum atomic E-state index is -0.463. The minimum absolute atomic E-state index is 0.00535. The van der Waals surface area contributed by atoms with Crippen molar-refractivity contribution in [2.45, 2.75) is 13.5 Å². The first kappa shape index (κ1) is 21.0. The summed E-state index contributed by atoms with van der Waals surface area (Å²) >= 11 is 0. The Morgan fingerprint density at radius 2 is 1.91 bits per heavy atom. The van der Waals surface area contributed by atoms with Crippen LogP contribution in [0.1, 0.15) is 6.92 Å². The summed E-state index contributed by atoms with van der Waals surface area (Å²) in [7, 11) is 0. The first-order valence-corrected chi connectivity index (χ1v) is 9.86. The topological polar surface area (TPSA) is 99.2 Å². The molecule has 1 N–H and O–H groups in total. The minimum Gasteiger partial charge on any atom is -0.492 e. The zero-order chi connectivity index (χ0) is 22.5. The highest BCUT2D eigenvalue weighted by Gasteiger charge is 2.16. The Morgan fingerprint density at radius 1 is 1.12 bits per heavy atom. The van der Waals surface area contributed by atoms with Gasteiger partial charge in [-0.25, -0.2) is 4.39 Å². The molecule has 2 aromatic heterocycles. The highest BCUT2D eigenvalue weighted by atomic mass is 19.1. The van der Waals surface area contributed by atoms with Gasteiger partial charge in [0.15, 0.2) is 0 Å². The molecule has 2 aromatic carbocycles. The number of hydrogen-bond acceptors (Lipinski definition) is 6. The zero-order valence-electron chi connectivity index (χ0n) is 17.1. The Labute approximate surface area is 182 Å². The van der Waals surface area contributed by atoms with E-state index in [0.717, 1.165) is 0 Å². The molecular weight excluding hydrogens is 415 g/mol. The molecule has 4 rings (SSSR count). The highest BCUT2D eigenvalue weighted by Crippen LogP contribution is 2.24. The lowest BCUT2D eigenvalue weighted by atomic mass is 10.2. The van der Waals surface area contributed by atoms with Crippen LogP contribution in [0.15, 0.2) is 76.2 Å². The molecule has 0 aliphatic rings. The number of hydrogen-bond donors (Lipinski definition) is 1. The third-order valence-electron chi connectivity index (χ3n) is 4.55. The number of halogens is 1. The van der Waals surface area contributed by atoms with Crippen molar-refractivity contribution in [1.82, 2.24) is 14.7 Å². The molecule has 0 aliphatic carbocycles. The van der Waals surface area contributed by atoms with Gasteiger partial charge in [0.05, 0.1) is 12.3 Å². The predicted octanol–water partition coefficient (Wildman–Crippen LogP) is 3.74. The molecular formula is C23H19FN4O4. The number of aromatic nitrogens is 3. The second-order valence-electron chi connectivity index (χ2n) is 6.76. The fourth-order valence-corrected chi connectivity index (χ4v) is 3.07. The van der Waals surface area contributed by atoms with Gasteiger partial charge in [0.2, 0.25) is 11.7 Å². The van der Waals surface area contributed by atoms with E-state index in [2.05, 4.69) is 15.5 Å². The Kier molecular flexibility index (Phi) is 6.07. The van der Waals surface area contributed by atoms with Crippen molar-refractivity contribution >= 4 is 11.6 Å². The summed E-state index contributed by atoms with van der Waals surface area (Å²) in [6.07, 6.45) is 1.50. The molecule has 0 radical (unpaired) electrons. The fourth-order valence-electron chi connectivity index (χ4n) is 3.07. The van der Waals surface area contributed by atoms with Crippen LogP contribution in [0.25, 0.3) is 22.8 Å². The number of para-hydroxylation sites is 2. The Balaban J connectivity index is 1.54. The number of benzene rings is 2. The van der Waals surface area contributed by atoms with Crippen molar-refractivity contribution in [2.75, 3.05) is 11.9 Å². The third kappa shape index (κ3) is 4.56. The van der Waals surface area contributed by atoms with E-state index in [4.69, 9.17) is 9.26 Å². The van der Waals surface area contributed by atoms with Crippen LogP contribution in [0.5, 0.6) is 5.75 Å². The summed E-state index contributed by atoms with van der Waals surface area (Å²) in [5.74, 6) is -0.00557. The van der Waals surface area contributed by atoms with Gasteiger partial charge in [-0.2, -0.15) is 4.98 Å². The summed E-state index contributed by atoms with van der Waals surface area (Å²) in [4.78, 5) is 29.7. The fraction of sp³-hybridized carbons (Fsp3) is 0.130. The number of rotatable bonds is 7. The summed E-state index contributed by atoms with van der Waals surface area (Å²) in [5.41, 5.74) is 0.750. The quantitative estimate of drug-likeness (QED) is 0.476. The number of nitrogens with one attached hydrogen (secondary N) is 1. The lowest BCUT2D eigenvalue weighted by molar-refractivity contribution is -0.116. The molecule has 0 bridgehead atoms. The van der Waals surface area contributed by atoms with Crippen molar-refractivity contribution < 1.29 is 18.4 Å². The van der Waals surface area contributed by atoms with Crippen molar-refractivity contribution in [3.63, 3.8) is 0 Å². The van der Waals surface area contributed by atoms with Gasteiger partial charge in [-0.1, -0.05) is 17.3 Å². The van der Waals surface area contributed by atoms with E-state index in [9.17, 15) is 14.0 Å². The Morgan fingerprint density at radius 3 is 2.69 bits per heavy atom. The van der Waals surface area contributed by atoms with E-state index in [1.54, 1.807) is 30.3 Å². The number of ether oxygens (including phenoxy) is 1. The molecule has 0 saturated carbocycles. The summed E-state index contributed by atoms with van der Waals surface area (Å²) in [6, 6.07) is 15.8. The van der Waals surface area contributed by atoms with Gasteiger partial charge >= 0.3 is 0 Å². The summed E-state index contributed by atoms with van der Waals surface area (Å²) < 4.78 is 25.1. The summed E-state index contributed by atoms with van der Waals surface area (Å²) in [5, 5.41) is 6.61. The Bertz CT molecular complexity index is 1300. The number of anilines is 1. The van der Waals surface area contributed by atoms with E-state index in [1.807, 2.05) is 6.92 Å². The smallest absolute Gasteiger partial charge is 0.263 e. The average molecular weight is 434 g/mol.